The molecule has 2 aromatic rings. The van der Waals surface area contributed by atoms with Crippen LogP contribution in [0.4, 0.5) is 0 Å². The summed E-state index contributed by atoms with van der Waals surface area (Å²) >= 11 is 1.53. The number of nitrogens with one attached hydrogen (secondary N) is 1. The number of carbonyl (C=O) groups excluding carboxylic acids is 1. The predicted octanol–water partition coefficient (Wildman–Crippen LogP) is 3.38. The maximum atomic E-state index is 12.4. The summed E-state index contributed by atoms with van der Waals surface area (Å²) in [6, 6.07) is 12.2. The van der Waals surface area contributed by atoms with Gasteiger partial charge in [-0.3, -0.25) is 9.69 Å². The van der Waals surface area contributed by atoms with Gasteiger partial charge in [0.15, 0.2) is 0 Å². The first-order valence-electron chi connectivity index (χ1n) is 8.71. The van der Waals surface area contributed by atoms with E-state index in [4.69, 9.17) is 0 Å². The van der Waals surface area contributed by atoms with E-state index in [1.165, 1.54) is 29.7 Å². The summed E-state index contributed by atoms with van der Waals surface area (Å²) < 4.78 is 0. The summed E-state index contributed by atoms with van der Waals surface area (Å²) in [5.74, 6) is -0.0136. The highest BCUT2D eigenvalue weighted by Gasteiger charge is 2.41. The van der Waals surface area contributed by atoms with Crippen LogP contribution in [0.25, 0.3) is 0 Å². The van der Waals surface area contributed by atoms with Crippen molar-refractivity contribution in [3.05, 3.63) is 52.0 Å². The average Bonchev–Trinajstić information content (AvgIpc) is 3.10. The van der Waals surface area contributed by atoms with Crippen LogP contribution in [-0.2, 0) is 6.54 Å². The summed E-state index contributed by atoms with van der Waals surface area (Å²) in [5.41, 5.74) is 1.95. The fraction of sp³-hybridized carbons (Fsp3) is 0.474. The minimum absolute atomic E-state index is 0.0136. The molecule has 2 aliphatic heterocycles. The number of rotatable bonds is 4. The molecule has 0 radical (unpaired) electrons. The molecular formula is C19H23N3OS. The van der Waals surface area contributed by atoms with Crippen LogP contribution in [0, 0.1) is 6.92 Å². The number of thiazole rings is 1. The Hall–Kier alpha value is -1.72. The number of hydrogen-bond acceptors (Lipinski definition) is 4. The second-order valence-electron chi connectivity index (χ2n) is 6.94. The minimum atomic E-state index is -0.0136. The van der Waals surface area contributed by atoms with Crippen LogP contribution in [0.3, 0.4) is 0 Å². The van der Waals surface area contributed by atoms with Gasteiger partial charge in [-0.1, -0.05) is 30.3 Å². The molecule has 126 valence electrons. The second kappa shape index (κ2) is 6.65. The largest absolute Gasteiger partial charge is 0.348 e. The van der Waals surface area contributed by atoms with Crippen LogP contribution in [0.2, 0.25) is 0 Å². The molecule has 2 bridgehead atoms. The van der Waals surface area contributed by atoms with E-state index in [0.717, 1.165) is 24.4 Å². The minimum Gasteiger partial charge on any atom is -0.348 e. The number of amides is 1. The maximum Gasteiger partial charge on any atom is 0.270 e. The lowest BCUT2D eigenvalue weighted by Gasteiger charge is -2.39. The van der Waals surface area contributed by atoms with E-state index in [2.05, 4.69) is 45.5 Å². The molecule has 5 heteroatoms. The van der Waals surface area contributed by atoms with Crippen LogP contribution in [0.1, 0.15) is 46.7 Å². The van der Waals surface area contributed by atoms with Gasteiger partial charge in [-0.2, -0.15) is 0 Å². The van der Waals surface area contributed by atoms with Crippen LogP contribution in [-0.4, -0.2) is 33.9 Å². The van der Waals surface area contributed by atoms with Gasteiger partial charge in [-0.25, -0.2) is 4.98 Å². The average molecular weight is 341 g/mol. The number of hydrogen-bond donors (Lipinski definition) is 1. The van der Waals surface area contributed by atoms with Crippen molar-refractivity contribution in [2.24, 2.45) is 0 Å². The van der Waals surface area contributed by atoms with E-state index >= 15 is 0 Å². The van der Waals surface area contributed by atoms with E-state index in [9.17, 15) is 4.79 Å². The van der Waals surface area contributed by atoms with Crippen molar-refractivity contribution >= 4 is 17.2 Å². The first kappa shape index (κ1) is 15.8. The Balaban J connectivity index is 1.38. The molecule has 1 amide bonds. The number of carbonyl (C=O) groups is 1. The first-order chi connectivity index (χ1) is 11.7. The van der Waals surface area contributed by atoms with E-state index in [1.807, 2.05) is 12.3 Å². The third kappa shape index (κ3) is 3.23. The van der Waals surface area contributed by atoms with Crippen molar-refractivity contribution in [2.75, 3.05) is 0 Å². The van der Waals surface area contributed by atoms with Crippen molar-refractivity contribution in [1.29, 1.82) is 0 Å². The molecule has 4 nitrogen and oxygen atoms in total. The van der Waals surface area contributed by atoms with Crippen LogP contribution >= 0.6 is 11.3 Å². The Morgan fingerprint density at radius 2 is 1.96 bits per heavy atom. The predicted molar refractivity (Wildman–Crippen MR) is 96.1 cm³/mol. The molecular weight excluding hydrogens is 318 g/mol. The number of fused-ring (bicyclic) bond motifs is 2. The SMILES string of the molecule is Cc1nc(C(=O)NC2C[C@H]3CC[C@@H](C2)N3Cc2ccccc2)cs1. The molecule has 2 aliphatic rings. The van der Waals surface area contributed by atoms with E-state index in [-0.39, 0.29) is 11.9 Å². The molecule has 0 saturated carbocycles. The van der Waals surface area contributed by atoms with E-state index in [1.54, 1.807) is 0 Å². The molecule has 3 atom stereocenters. The zero-order chi connectivity index (χ0) is 16.5. The monoisotopic (exact) mass is 341 g/mol. The van der Waals surface area contributed by atoms with Crippen LogP contribution in [0.15, 0.2) is 35.7 Å². The van der Waals surface area contributed by atoms with Crippen molar-refractivity contribution in [2.45, 2.75) is 57.3 Å². The molecule has 1 N–H and O–H groups in total. The fourth-order valence-corrected chi connectivity index (χ4v) is 4.76. The highest BCUT2D eigenvalue weighted by molar-refractivity contribution is 7.09. The second-order valence-corrected chi connectivity index (χ2v) is 8.00. The standard InChI is InChI=1S/C19H23N3OS/c1-13-20-18(12-24-13)19(23)21-15-9-16-7-8-17(10-15)22(16)11-14-5-3-2-4-6-14/h2-6,12,15-17H,7-11H2,1H3,(H,21,23)/t15?,16-,17+. The summed E-state index contributed by atoms with van der Waals surface area (Å²) in [6.45, 7) is 2.96. The Labute approximate surface area is 146 Å². The van der Waals surface area contributed by atoms with Gasteiger partial charge >= 0.3 is 0 Å². The lowest BCUT2D eigenvalue weighted by molar-refractivity contribution is 0.0824. The van der Waals surface area contributed by atoms with Gasteiger partial charge in [0, 0.05) is 30.1 Å². The van der Waals surface area contributed by atoms with Gasteiger partial charge in [-0.05, 0) is 38.2 Å². The molecule has 1 unspecified atom stereocenters. The van der Waals surface area contributed by atoms with E-state index in [0.29, 0.717) is 17.8 Å². The van der Waals surface area contributed by atoms with Gasteiger partial charge in [0.2, 0.25) is 0 Å². The smallest absolute Gasteiger partial charge is 0.270 e. The molecule has 3 heterocycles. The van der Waals surface area contributed by atoms with Crippen LogP contribution < -0.4 is 5.32 Å². The van der Waals surface area contributed by atoms with Crippen LogP contribution in [0.5, 0.6) is 0 Å². The number of aryl methyl sites for hydroxylation is 1. The summed E-state index contributed by atoms with van der Waals surface area (Å²) in [6.07, 6.45) is 4.61. The van der Waals surface area contributed by atoms with Gasteiger partial charge in [-0.15, -0.1) is 11.3 Å². The number of aromatic nitrogens is 1. The number of piperidine rings is 1. The Morgan fingerprint density at radius 3 is 2.58 bits per heavy atom. The fourth-order valence-electron chi connectivity index (χ4n) is 4.17. The van der Waals surface area contributed by atoms with Gasteiger partial charge in [0.25, 0.3) is 5.91 Å². The zero-order valence-electron chi connectivity index (χ0n) is 13.9. The number of benzene rings is 1. The molecule has 24 heavy (non-hydrogen) atoms. The Kier molecular flexibility index (Phi) is 4.37. The quantitative estimate of drug-likeness (QED) is 0.927. The first-order valence-corrected chi connectivity index (χ1v) is 9.59. The van der Waals surface area contributed by atoms with Crippen molar-refractivity contribution < 1.29 is 4.79 Å². The van der Waals surface area contributed by atoms with E-state index < -0.39 is 0 Å². The molecule has 0 aliphatic carbocycles. The summed E-state index contributed by atoms with van der Waals surface area (Å²) in [4.78, 5) is 19.3. The Morgan fingerprint density at radius 1 is 1.25 bits per heavy atom. The number of nitrogens with zero attached hydrogens (tertiary/aromatic N) is 2. The molecule has 4 rings (SSSR count). The van der Waals surface area contributed by atoms with Crippen molar-refractivity contribution in [3.8, 4) is 0 Å². The van der Waals surface area contributed by atoms with Crippen molar-refractivity contribution in [1.82, 2.24) is 15.2 Å². The molecule has 2 saturated heterocycles. The third-order valence-electron chi connectivity index (χ3n) is 5.28. The maximum absolute atomic E-state index is 12.4. The molecule has 0 spiro atoms. The summed E-state index contributed by atoms with van der Waals surface area (Å²) in [7, 11) is 0. The van der Waals surface area contributed by atoms with Gasteiger partial charge in [0.1, 0.15) is 5.69 Å². The lowest BCUT2D eigenvalue weighted by atomic mass is 9.96. The Bertz CT molecular complexity index is 700. The topological polar surface area (TPSA) is 45.2 Å². The third-order valence-corrected chi connectivity index (χ3v) is 6.05. The molecule has 2 fully saturated rings. The normalized spacial score (nSPS) is 26.5. The highest BCUT2D eigenvalue weighted by atomic mass is 32.1. The zero-order valence-corrected chi connectivity index (χ0v) is 14.8. The molecule has 1 aromatic carbocycles. The van der Waals surface area contributed by atoms with Gasteiger partial charge in [0.05, 0.1) is 5.01 Å². The summed E-state index contributed by atoms with van der Waals surface area (Å²) in [5, 5.41) is 6.01. The highest BCUT2D eigenvalue weighted by Crippen LogP contribution is 2.36. The lowest BCUT2D eigenvalue weighted by Crippen LogP contribution is -2.50. The van der Waals surface area contributed by atoms with Crippen molar-refractivity contribution in [3.63, 3.8) is 0 Å². The molecule has 1 aromatic heterocycles. The van der Waals surface area contributed by atoms with Gasteiger partial charge < -0.3 is 5.32 Å².